The Kier molecular flexibility index (Phi) is 3.99. The fourth-order valence-corrected chi connectivity index (χ4v) is 2.31. The van der Waals surface area contributed by atoms with Gasteiger partial charge >= 0.3 is 11.8 Å². The van der Waals surface area contributed by atoms with E-state index in [1.165, 1.54) is 19.3 Å². The molecule has 0 bridgehead atoms. The highest BCUT2D eigenvalue weighted by Crippen LogP contribution is 2.26. The van der Waals surface area contributed by atoms with Gasteiger partial charge in [-0.15, -0.1) is 0 Å². The summed E-state index contributed by atoms with van der Waals surface area (Å²) in [6, 6.07) is 0. The molecular formula is C12H21N3O2. The molecule has 2 aliphatic rings. The Morgan fingerprint density at radius 1 is 1.29 bits per heavy atom. The van der Waals surface area contributed by atoms with Crippen molar-refractivity contribution in [3.8, 4) is 0 Å². The second-order valence-electron chi connectivity index (χ2n) is 5.02. The molecule has 0 radical (unpaired) electrons. The van der Waals surface area contributed by atoms with Gasteiger partial charge in [0.1, 0.15) is 0 Å². The highest BCUT2D eigenvalue weighted by molar-refractivity contribution is 6.34. The quantitative estimate of drug-likeness (QED) is 0.672. The maximum absolute atomic E-state index is 11.9. The SMILES string of the molecule is CN(CC1CCC1)C(=O)C(=O)N1CCNCC1. The second kappa shape index (κ2) is 5.49. The summed E-state index contributed by atoms with van der Waals surface area (Å²) in [4.78, 5) is 27.1. The van der Waals surface area contributed by atoms with Gasteiger partial charge < -0.3 is 15.1 Å². The number of nitrogens with zero attached hydrogens (tertiary/aromatic N) is 2. The van der Waals surface area contributed by atoms with Gasteiger partial charge in [-0.2, -0.15) is 0 Å². The van der Waals surface area contributed by atoms with Crippen LogP contribution in [0.15, 0.2) is 0 Å². The molecule has 0 aromatic carbocycles. The number of likely N-dealkylation sites (N-methyl/N-ethyl adjacent to an activating group) is 1. The lowest BCUT2D eigenvalue weighted by Crippen LogP contribution is -2.52. The molecule has 1 saturated carbocycles. The van der Waals surface area contributed by atoms with Crippen molar-refractivity contribution in [3.63, 3.8) is 0 Å². The van der Waals surface area contributed by atoms with Crippen molar-refractivity contribution in [3.05, 3.63) is 0 Å². The predicted octanol–water partition coefficient (Wildman–Crippen LogP) is -0.323. The molecule has 0 aromatic rings. The van der Waals surface area contributed by atoms with E-state index in [9.17, 15) is 9.59 Å². The molecule has 0 atom stereocenters. The van der Waals surface area contributed by atoms with E-state index in [0.29, 0.717) is 19.0 Å². The Bertz CT molecular complexity index is 296. The molecule has 5 heteroatoms. The van der Waals surface area contributed by atoms with Gasteiger partial charge in [-0.05, 0) is 18.8 Å². The highest BCUT2D eigenvalue weighted by atomic mass is 16.2. The van der Waals surface area contributed by atoms with Crippen LogP contribution in [0.1, 0.15) is 19.3 Å². The number of carbonyl (C=O) groups excluding carboxylic acids is 2. The fourth-order valence-electron chi connectivity index (χ4n) is 2.31. The minimum absolute atomic E-state index is 0.340. The van der Waals surface area contributed by atoms with Crippen LogP contribution in [-0.4, -0.2) is 61.4 Å². The van der Waals surface area contributed by atoms with Crippen LogP contribution in [0.2, 0.25) is 0 Å². The molecule has 17 heavy (non-hydrogen) atoms. The smallest absolute Gasteiger partial charge is 0.312 e. The molecule has 96 valence electrons. The summed E-state index contributed by atoms with van der Waals surface area (Å²) in [5, 5.41) is 3.17. The summed E-state index contributed by atoms with van der Waals surface area (Å²) in [6.45, 7) is 3.58. The van der Waals surface area contributed by atoms with Crippen molar-refractivity contribution in [1.29, 1.82) is 0 Å². The Balaban J connectivity index is 1.82. The molecule has 2 fully saturated rings. The standard InChI is InChI=1S/C12H21N3O2/c1-14(9-10-3-2-4-10)11(16)12(17)15-7-5-13-6-8-15/h10,13H,2-9H2,1H3. The van der Waals surface area contributed by atoms with Crippen LogP contribution in [0.25, 0.3) is 0 Å². The van der Waals surface area contributed by atoms with Crippen molar-refractivity contribution in [1.82, 2.24) is 15.1 Å². The van der Waals surface area contributed by atoms with Crippen LogP contribution in [0.5, 0.6) is 0 Å². The van der Waals surface area contributed by atoms with Gasteiger partial charge in [-0.25, -0.2) is 0 Å². The van der Waals surface area contributed by atoms with Crippen LogP contribution in [0, 0.1) is 5.92 Å². The summed E-state index contributed by atoms with van der Waals surface area (Å²) >= 11 is 0. The molecule has 0 aromatic heterocycles. The van der Waals surface area contributed by atoms with Crippen molar-refractivity contribution in [2.75, 3.05) is 39.8 Å². The zero-order valence-corrected chi connectivity index (χ0v) is 10.4. The molecule has 1 heterocycles. The fraction of sp³-hybridized carbons (Fsp3) is 0.833. The number of piperazine rings is 1. The van der Waals surface area contributed by atoms with Gasteiger partial charge in [-0.3, -0.25) is 9.59 Å². The van der Waals surface area contributed by atoms with Gasteiger partial charge in [0.05, 0.1) is 0 Å². The van der Waals surface area contributed by atoms with Crippen LogP contribution in [-0.2, 0) is 9.59 Å². The number of nitrogens with one attached hydrogen (secondary N) is 1. The van der Waals surface area contributed by atoms with Crippen LogP contribution in [0.4, 0.5) is 0 Å². The lowest BCUT2D eigenvalue weighted by atomic mass is 9.85. The van der Waals surface area contributed by atoms with Gasteiger partial charge in [0, 0.05) is 39.8 Å². The summed E-state index contributed by atoms with van der Waals surface area (Å²) in [6.07, 6.45) is 3.65. The van der Waals surface area contributed by atoms with E-state index in [1.54, 1.807) is 16.8 Å². The molecule has 1 N–H and O–H groups in total. The van der Waals surface area contributed by atoms with E-state index in [1.807, 2.05) is 0 Å². The third-order valence-electron chi connectivity index (χ3n) is 3.69. The number of hydrogen-bond acceptors (Lipinski definition) is 3. The van der Waals surface area contributed by atoms with E-state index < -0.39 is 0 Å². The van der Waals surface area contributed by atoms with Crippen molar-refractivity contribution in [2.24, 2.45) is 5.92 Å². The van der Waals surface area contributed by atoms with E-state index in [2.05, 4.69) is 5.32 Å². The first-order valence-electron chi connectivity index (χ1n) is 6.43. The van der Waals surface area contributed by atoms with Crippen molar-refractivity contribution < 1.29 is 9.59 Å². The summed E-state index contributed by atoms with van der Waals surface area (Å²) in [7, 11) is 1.74. The number of amides is 2. The Hall–Kier alpha value is -1.10. The minimum atomic E-state index is -0.348. The lowest BCUT2D eigenvalue weighted by molar-refractivity contribution is -0.151. The topological polar surface area (TPSA) is 52.7 Å². The monoisotopic (exact) mass is 239 g/mol. The zero-order chi connectivity index (χ0) is 12.3. The van der Waals surface area contributed by atoms with Crippen LogP contribution in [0.3, 0.4) is 0 Å². The van der Waals surface area contributed by atoms with Crippen molar-refractivity contribution in [2.45, 2.75) is 19.3 Å². The van der Waals surface area contributed by atoms with Gasteiger partial charge in [0.2, 0.25) is 0 Å². The first-order valence-corrected chi connectivity index (χ1v) is 6.43. The van der Waals surface area contributed by atoms with Gasteiger partial charge in [0.15, 0.2) is 0 Å². The Labute approximate surface area is 102 Å². The lowest BCUT2D eigenvalue weighted by Gasteiger charge is -2.32. The third-order valence-corrected chi connectivity index (χ3v) is 3.69. The van der Waals surface area contributed by atoms with Gasteiger partial charge in [0.25, 0.3) is 0 Å². The minimum Gasteiger partial charge on any atom is -0.337 e. The Morgan fingerprint density at radius 3 is 2.47 bits per heavy atom. The zero-order valence-electron chi connectivity index (χ0n) is 10.4. The predicted molar refractivity (Wildman–Crippen MR) is 64.4 cm³/mol. The first-order chi connectivity index (χ1) is 8.18. The van der Waals surface area contributed by atoms with E-state index in [4.69, 9.17) is 0 Å². The molecule has 1 aliphatic heterocycles. The molecule has 0 unspecified atom stereocenters. The first kappa shape index (κ1) is 12.4. The maximum atomic E-state index is 11.9. The number of carbonyl (C=O) groups is 2. The molecule has 2 rings (SSSR count). The van der Waals surface area contributed by atoms with E-state index >= 15 is 0 Å². The highest BCUT2D eigenvalue weighted by Gasteiger charge is 2.28. The molecule has 5 nitrogen and oxygen atoms in total. The summed E-state index contributed by atoms with van der Waals surface area (Å²) < 4.78 is 0. The van der Waals surface area contributed by atoms with Crippen molar-refractivity contribution >= 4 is 11.8 Å². The van der Waals surface area contributed by atoms with E-state index in [-0.39, 0.29) is 11.8 Å². The molecule has 1 aliphatic carbocycles. The maximum Gasteiger partial charge on any atom is 0.312 e. The largest absolute Gasteiger partial charge is 0.337 e. The van der Waals surface area contributed by atoms with Crippen LogP contribution < -0.4 is 5.32 Å². The molecular weight excluding hydrogens is 218 g/mol. The summed E-state index contributed by atoms with van der Waals surface area (Å²) in [5.41, 5.74) is 0. The number of rotatable bonds is 2. The second-order valence-corrected chi connectivity index (χ2v) is 5.02. The Morgan fingerprint density at radius 2 is 1.94 bits per heavy atom. The molecule has 2 amide bonds. The van der Waals surface area contributed by atoms with Crippen LogP contribution >= 0.6 is 0 Å². The molecule has 0 spiro atoms. The normalized spacial score (nSPS) is 20.9. The number of hydrogen-bond donors (Lipinski definition) is 1. The molecule has 1 saturated heterocycles. The third kappa shape index (κ3) is 2.97. The van der Waals surface area contributed by atoms with Gasteiger partial charge in [-0.1, -0.05) is 6.42 Å². The summed E-state index contributed by atoms with van der Waals surface area (Å²) in [5.74, 6) is -0.0769. The average molecular weight is 239 g/mol. The van der Waals surface area contributed by atoms with E-state index in [0.717, 1.165) is 19.6 Å². The average Bonchev–Trinajstić information content (AvgIpc) is 2.32.